The Bertz CT molecular complexity index is 1610. The van der Waals surface area contributed by atoms with Crippen LogP contribution in [0.4, 0.5) is 5.95 Å². The molecular weight excluding hydrogens is 484 g/mol. The standard InChI is InChI=1S/C24H22N6O5S/c1-34-18-4-2-3-16(15-18)21-22(30-13-14-35-24(30)29-21)20-9-10-25-23(28-20)26-11-12-27-36(32,33)19-7-5-17(31)6-8-19/h2-10,13-15,27,31H,11-12H2,1H3,(H,25,26,28). The summed E-state index contributed by atoms with van der Waals surface area (Å²) in [7, 11) is -2.11. The largest absolute Gasteiger partial charge is 0.508 e. The normalized spacial score (nSPS) is 11.6. The molecule has 11 nitrogen and oxygen atoms in total. The fourth-order valence-electron chi connectivity index (χ4n) is 3.65. The summed E-state index contributed by atoms with van der Waals surface area (Å²) in [6.07, 6.45) is 4.91. The summed E-state index contributed by atoms with van der Waals surface area (Å²) in [4.78, 5) is 13.6. The number of benzene rings is 2. The highest BCUT2D eigenvalue weighted by molar-refractivity contribution is 7.89. The van der Waals surface area contributed by atoms with Crippen LogP contribution < -0.4 is 14.8 Å². The van der Waals surface area contributed by atoms with Gasteiger partial charge in [-0.25, -0.2) is 23.1 Å². The number of aromatic hydroxyl groups is 1. The van der Waals surface area contributed by atoms with Gasteiger partial charge in [0.2, 0.25) is 16.0 Å². The number of sulfonamides is 1. The van der Waals surface area contributed by atoms with Crippen molar-refractivity contribution in [1.29, 1.82) is 0 Å². The minimum Gasteiger partial charge on any atom is -0.508 e. The number of anilines is 1. The summed E-state index contributed by atoms with van der Waals surface area (Å²) in [5.41, 5.74) is 2.81. The Hall–Kier alpha value is -4.42. The second kappa shape index (κ2) is 9.68. The summed E-state index contributed by atoms with van der Waals surface area (Å²) in [5.74, 6) is 1.43. The fraction of sp³-hybridized carbons (Fsp3) is 0.125. The van der Waals surface area contributed by atoms with Gasteiger partial charge in [0.1, 0.15) is 29.2 Å². The second-order valence-corrected chi connectivity index (χ2v) is 9.45. The number of hydrogen-bond donors (Lipinski definition) is 3. The van der Waals surface area contributed by atoms with Gasteiger partial charge < -0.3 is 19.6 Å². The summed E-state index contributed by atoms with van der Waals surface area (Å²) in [6, 6.07) is 14.6. The Kier molecular flexibility index (Phi) is 6.27. The van der Waals surface area contributed by atoms with Gasteiger partial charge in [-0.15, -0.1) is 0 Å². The number of nitrogens with one attached hydrogen (secondary N) is 2. The van der Waals surface area contributed by atoms with Crippen molar-refractivity contribution >= 4 is 21.8 Å². The lowest BCUT2D eigenvalue weighted by molar-refractivity contribution is 0.415. The molecule has 3 N–H and O–H groups in total. The highest BCUT2D eigenvalue weighted by Crippen LogP contribution is 2.33. The van der Waals surface area contributed by atoms with E-state index in [0.717, 1.165) is 5.56 Å². The van der Waals surface area contributed by atoms with Crippen LogP contribution in [0.3, 0.4) is 0 Å². The lowest BCUT2D eigenvalue weighted by atomic mass is 10.1. The van der Waals surface area contributed by atoms with E-state index >= 15 is 0 Å². The maximum absolute atomic E-state index is 12.4. The first kappa shape index (κ1) is 23.3. The summed E-state index contributed by atoms with van der Waals surface area (Å²) < 4.78 is 40.0. The molecule has 0 amide bonds. The van der Waals surface area contributed by atoms with Crippen LogP contribution in [0.5, 0.6) is 11.5 Å². The van der Waals surface area contributed by atoms with E-state index in [0.29, 0.717) is 34.6 Å². The van der Waals surface area contributed by atoms with E-state index in [1.54, 1.807) is 36.2 Å². The van der Waals surface area contributed by atoms with Crippen molar-refractivity contribution in [1.82, 2.24) is 24.1 Å². The van der Waals surface area contributed by atoms with Gasteiger partial charge in [-0.2, -0.15) is 4.98 Å². The smallest absolute Gasteiger partial charge is 0.306 e. The number of aromatic nitrogens is 4. The van der Waals surface area contributed by atoms with E-state index in [1.165, 1.54) is 24.3 Å². The zero-order valence-electron chi connectivity index (χ0n) is 19.1. The molecule has 0 fully saturated rings. The van der Waals surface area contributed by atoms with Crippen molar-refractivity contribution in [3.63, 3.8) is 0 Å². The molecule has 0 saturated carbocycles. The minimum atomic E-state index is -3.71. The fourth-order valence-corrected chi connectivity index (χ4v) is 4.68. The molecule has 0 unspecified atom stereocenters. The third-order valence-corrected chi connectivity index (χ3v) is 6.83. The van der Waals surface area contributed by atoms with Crippen LogP contribution >= 0.6 is 0 Å². The third kappa shape index (κ3) is 4.72. The molecule has 0 saturated heterocycles. The number of rotatable bonds is 9. The van der Waals surface area contributed by atoms with Crippen LogP contribution in [0.25, 0.3) is 28.5 Å². The van der Waals surface area contributed by atoms with Crippen LogP contribution in [0.1, 0.15) is 0 Å². The molecule has 3 heterocycles. The van der Waals surface area contributed by atoms with Crippen molar-refractivity contribution < 1.29 is 22.7 Å². The number of phenolic OH excluding ortho intramolecular Hbond substituents is 1. The Morgan fingerprint density at radius 2 is 1.92 bits per heavy atom. The molecule has 184 valence electrons. The van der Waals surface area contributed by atoms with Crippen LogP contribution in [0, 0.1) is 0 Å². The highest BCUT2D eigenvalue weighted by atomic mass is 32.2. The van der Waals surface area contributed by atoms with E-state index in [9.17, 15) is 13.5 Å². The molecule has 0 aliphatic rings. The first-order valence-corrected chi connectivity index (χ1v) is 12.4. The van der Waals surface area contributed by atoms with Crippen molar-refractivity contribution in [3.8, 4) is 34.1 Å². The van der Waals surface area contributed by atoms with Gasteiger partial charge in [0.05, 0.1) is 17.7 Å². The number of phenols is 1. The zero-order chi connectivity index (χ0) is 25.1. The van der Waals surface area contributed by atoms with Gasteiger partial charge in [-0.3, -0.25) is 4.40 Å². The molecule has 5 rings (SSSR count). The van der Waals surface area contributed by atoms with Crippen molar-refractivity contribution in [2.75, 3.05) is 25.5 Å². The number of oxazole rings is 1. The maximum atomic E-state index is 12.4. The van der Waals surface area contributed by atoms with Gasteiger partial charge in [0.15, 0.2) is 0 Å². The lowest BCUT2D eigenvalue weighted by Crippen LogP contribution is -2.29. The first-order valence-electron chi connectivity index (χ1n) is 10.9. The number of fused-ring (bicyclic) bond motifs is 1. The Balaban J connectivity index is 1.35. The minimum absolute atomic E-state index is 0.00640. The Morgan fingerprint density at radius 1 is 1.08 bits per heavy atom. The molecule has 3 aromatic heterocycles. The molecule has 36 heavy (non-hydrogen) atoms. The van der Waals surface area contributed by atoms with Crippen LogP contribution in [0.2, 0.25) is 0 Å². The zero-order valence-corrected chi connectivity index (χ0v) is 19.9. The predicted octanol–water partition coefficient (Wildman–Crippen LogP) is 3.16. The number of hydrogen-bond acceptors (Lipinski definition) is 9. The van der Waals surface area contributed by atoms with E-state index < -0.39 is 10.0 Å². The Labute approximate surface area is 206 Å². The van der Waals surface area contributed by atoms with Gasteiger partial charge in [0, 0.05) is 31.0 Å². The Morgan fingerprint density at radius 3 is 2.72 bits per heavy atom. The number of methoxy groups -OCH3 is 1. The van der Waals surface area contributed by atoms with E-state index in [2.05, 4.69) is 25.0 Å². The van der Waals surface area contributed by atoms with Gasteiger partial charge in [-0.05, 0) is 42.5 Å². The van der Waals surface area contributed by atoms with Crippen molar-refractivity contribution in [2.24, 2.45) is 0 Å². The lowest BCUT2D eigenvalue weighted by Gasteiger charge is -2.09. The molecule has 5 aromatic rings. The van der Waals surface area contributed by atoms with E-state index in [4.69, 9.17) is 9.15 Å². The molecule has 0 atom stereocenters. The average Bonchev–Trinajstić information content (AvgIpc) is 3.49. The monoisotopic (exact) mass is 506 g/mol. The van der Waals surface area contributed by atoms with Crippen LogP contribution in [-0.4, -0.2) is 53.1 Å². The highest BCUT2D eigenvalue weighted by Gasteiger charge is 2.20. The van der Waals surface area contributed by atoms with Crippen molar-refractivity contribution in [2.45, 2.75) is 4.90 Å². The molecule has 0 spiro atoms. The van der Waals surface area contributed by atoms with Crippen LogP contribution in [0.15, 0.2) is 82.6 Å². The molecule has 0 aliphatic carbocycles. The second-order valence-electron chi connectivity index (χ2n) is 7.68. The summed E-state index contributed by atoms with van der Waals surface area (Å²) >= 11 is 0. The van der Waals surface area contributed by atoms with Gasteiger partial charge in [-0.1, -0.05) is 12.1 Å². The van der Waals surface area contributed by atoms with E-state index in [-0.39, 0.29) is 23.7 Å². The predicted molar refractivity (Wildman–Crippen MR) is 132 cm³/mol. The van der Waals surface area contributed by atoms with E-state index in [1.807, 2.05) is 24.3 Å². The third-order valence-electron chi connectivity index (χ3n) is 5.35. The number of ether oxygens (including phenoxy) is 1. The maximum Gasteiger partial charge on any atom is 0.306 e. The molecule has 2 aromatic carbocycles. The van der Waals surface area contributed by atoms with Gasteiger partial charge in [0.25, 0.3) is 0 Å². The topological polar surface area (TPSA) is 144 Å². The molecule has 0 radical (unpaired) electrons. The summed E-state index contributed by atoms with van der Waals surface area (Å²) in [6.45, 7) is 0.349. The SMILES string of the molecule is COc1cccc(-c2nc3occn3c2-c2ccnc(NCCNS(=O)(=O)c3ccc(O)cc3)n2)c1. The summed E-state index contributed by atoms with van der Waals surface area (Å²) in [5, 5.41) is 12.4. The molecule has 0 bridgehead atoms. The molecule has 0 aliphatic heterocycles. The average molecular weight is 507 g/mol. The van der Waals surface area contributed by atoms with Gasteiger partial charge >= 0.3 is 5.84 Å². The molecular formula is C24H22N6O5S. The molecule has 12 heteroatoms. The first-order chi connectivity index (χ1) is 17.4. The number of imidazole rings is 1. The van der Waals surface area contributed by atoms with Crippen molar-refractivity contribution in [3.05, 3.63) is 73.3 Å². The van der Waals surface area contributed by atoms with Crippen LogP contribution in [-0.2, 0) is 10.0 Å². The quantitative estimate of drug-likeness (QED) is 0.257. The number of nitrogens with zero attached hydrogens (tertiary/aromatic N) is 4.